The highest BCUT2D eigenvalue weighted by Crippen LogP contribution is 2.25. The summed E-state index contributed by atoms with van der Waals surface area (Å²) in [6.07, 6.45) is 1.41. The summed E-state index contributed by atoms with van der Waals surface area (Å²) in [5.74, 6) is 0.728. The first-order valence-electron chi connectivity index (χ1n) is 7.48. The van der Waals surface area contributed by atoms with Crippen molar-refractivity contribution >= 4 is 17.2 Å². The molecule has 0 aromatic carbocycles. The third-order valence-corrected chi connectivity index (χ3v) is 3.76. The van der Waals surface area contributed by atoms with Crippen molar-refractivity contribution in [3.63, 3.8) is 0 Å². The number of aryl methyl sites for hydroxylation is 1. The maximum absolute atomic E-state index is 12.3. The molecule has 9 heteroatoms. The number of nitro groups is 1. The monoisotopic (exact) mass is 344 g/mol. The molecule has 0 bridgehead atoms. The molecule has 9 nitrogen and oxygen atoms in total. The highest BCUT2D eigenvalue weighted by atomic mass is 16.6. The quantitative estimate of drug-likeness (QED) is 0.534. The second-order valence-electron chi connectivity index (χ2n) is 5.84. The SMILES string of the molecule is Cc1ccc(C(C)(O)CNc2nc3ccccn3c(=O)c2[N+](=O)[O-])o1. The summed E-state index contributed by atoms with van der Waals surface area (Å²) >= 11 is 0. The van der Waals surface area contributed by atoms with Gasteiger partial charge >= 0.3 is 11.2 Å². The van der Waals surface area contributed by atoms with E-state index in [0.717, 1.165) is 4.40 Å². The van der Waals surface area contributed by atoms with Crippen LogP contribution in [0.15, 0.2) is 45.7 Å². The largest absolute Gasteiger partial charge is 0.463 e. The molecule has 25 heavy (non-hydrogen) atoms. The molecular weight excluding hydrogens is 328 g/mol. The summed E-state index contributed by atoms with van der Waals surface area (Å²) in [5.41, 5.74) is -2.66. The van der Waals surface area contributed by atoms with Gasteiger partial charge < -0.3 is 14.8 Å². The van der Waals surface area contributed by atoms with Gasteiger partial charge in [-0.25, -0.2) is 4.98 Å². The zero-order valence-electron chi connectivity index (χ0n) is 13.6. The molecule has 0 fully saturated rings. The molecule has 0 saturated heterocycles. The normalized spacial score (nSPS) is 13.6. The lowest BCUT2D eigenvalue weighted by molar-refractivity contribution is -0.385. The number of fused-ring (bicyclic) bond motifs is 1. The number of rotatable bonds is 5. The Hall–Kier alpha value is -3.20. The fourth-order valence-corrected chi connectivity index (χ4v) is 2.43. The van der Waals surface area contributed by atoms with Crippen LogP contribution in [-0.4, -0.2) is 26.0 Å². The van der Waals surface area contributed by atoms with E-state index in [1.54, 1.807) is 37.3 Å². The van der Waals surface area contributed by atoms with Gasteiger partial charge in [0, 0.05) is 6.20 Å². The summed E-state index contributed by atoms with van der Waals surface area (Å²) in [4.78, 5) is 27.0. The van der Waals surface area contributed by atoms with Crippen molar-refractivity contribution in [1.29, 1.82) is 0 Å². The molecule has 1 atom stereocenters. The van der Waals surface area contributed by atoms with Gasteiger partial charge in [-0.2, -0.15) is 0 Å². The Balaban J connectivity index is 1.99. The lowest BCUT2D eigenvalue weighted by Gasteiger charge is -2.21. The minimum Gasteiger partial charge on any atom is -0.463 e. The zero-order valence-corrected chi connectivity index (χ0v) is 13.6. The van der Waals surface area contributed by atoms with Crippen LogP contribution in [-0.2, 0) is 5.60 Å². The van der Waals surface area contributed by atoms with Crippen LogP contribution in [0.2, 0.25) is 0 Å². The van der Waals surface area contributed by atoms with Crippen molar-refractivity contribution in [1.82, 2.24) is 9.38 Å². The average molecular weight is 344 g/mol. The first-order chi connectivity index (χ1) is 11.8. The molecular formula is C16H16N4O5. The van der Waals surface area contributed by atoms with E-state index in [2.05, 4.69) is 10.3 Å². The maximum Gasteiger partial charge on any atom is 0.376 e. The maximum atomic E-state index is 12.3. The van der Waals surface area contributed by atoms with Crippen molar-refractivity contribution in [2.75, 3.05) is 11.9 Å². The van der Waals surface area contributed by atoms with Crippen LogP contribution < -0.4 is 10.9 Å². The number of furan rings is 1. The minimum absolute atomic E-state index is 0.129. The van der Waals surface area contributed by atoms with Crippen LogP contribution in [0.5, 0.6) is 0 Å². The average Bonchev–Trinajstić information content (AvgIpc) is 3.00. The number of anilines is 1. The van der Waals surface area contributed by atoms with Gasteiger partial charge in [0.05, 0.1) is 11.5 Å². The van der Waals surface area contributed by atoms with Crippen LogP contribution in [0.25, 0.3) is 5.65 Å². The molecule has 0 aliphatic carbocycles. The van der Waals surface area contributed by atoms with E-state index >= 15 is 0 Å². The van der Waals surface area contributed by atoms with Crippen molar-refractivity contribution in [3.8, 4) is 0 Å². The summed E-state index contributed by atoms with van der Waals surface area (Å²) in [6.45, 7) is 3.11. The molecule has 0 radical (unpaired) electrons. The second kappa shape index (κ2) is 6.02. The fraction of sp³-hybridized carbons (Fsp3) is 0.250. The van der Waals surface area contributed by atoms with Gasteiger partial charge in [0.1, 0.15) is 22.8 Å². The number of aliphatic hydroxyl groups is 1. The molecule has 0 saturated carbocycles. The van der Waals surface area contributed by atoms with E-state index in [9.17, 15) is 20.0 Å². The molecule has 0 amide bonds. The highest BCUT2D eigenvalue weighted by Gasteiger charge is 2.30. The second-order valence-corrected chi connectivity index (χ2v) is 5.84. The topological polar surface area (TPSA) is 123 Å². The molecule has 3 aromatic rings. The van der Waals surface area contributed by atoms with Crippen molar-refractivity contribution < 1.29 is 14.4 Å². The smallest absolute Gasteiger partial charge is 0.376 e. The predicted octanol–water partition coefficient (Wildman–Crippen LogP) is 1.82. The number of hydrogen-bond acceptors (Lipinski definition) is 7. The molecule has 3 heterocycles. The van der Waals surface area contributed by atoms with Gasteiger partial charge in [0.2, 0.25) is 5.82 Å². The lowest BCUT2D eigenvalue weighted by Crippen LogP contribution is -2.31. The standard InChI is InChI=1S/C16H16N4O5/c1-10-6-7-11(25-10)16(2,22)9-17-14-13(20(23)24)15(21)19-8-4-3-5-12(19)18-14/h3-8,17,22H,9H2,1-2H3. The highest BCUT2D eigenvalue weighted by molar-refractivity contribution is 5.60. The van der Waals surface area contributed by atoms with Gasteiger partial charge in [-0.05, 0) is 38.1 Å². The van der Waals surface area contributed by atoms with Crippen LogP contribution in [0.1, 0.15) is 18.4 Å². The predicted molar refractivity (Wildman–Crippen MR) is 89.6 cm³/mol. The van der Waals surface area contributed by atoms with E-state index in [1.807, 2.05) is 0 Å². The molecule has 0 aliphatic heterocycles. The van der Waals surface area contributed by atoms with E-state index in [4.69, 9.17) is 4.42 Å². The van der Waals surface area contributed by atoms with E-state index in [1.165, 1.54) is 13.1 Å². The fourth-order valence-electron chi connectivity index (χ4n) is 2.43. The van der Waals surface area contributed by atoms with E-state index in [0.29, 0.717) is 11.5 Å². The summed E-state index contributed by atoms with van der Waals surface area (Å²) in [6, 6.07) is 8.13. The van der Waals surface area contributed by atoms with Gasteiger partial charge in [-0.1, -0.05) is 6.07 Å². The van der Waals surface area contributed by atoms with Crippen LogP contribution in [0, 0.1) is 17.0 Å². The van der Waals surface area contributed by atoms with Gasteiger partial charge in [-0.15, -0.1) is 0 Å². The lowest BCUT2D eigenvalue weighted by atomic mass is 10.0. The van der Waals surface area contributed by atoms with Gasteiger partial charge in [-0.3, -0.25) is 19.3 Å². The Kier molecular flexibility index (Phi) is 4.01. The third-order valence-electron chi connectivity index (χ3n) is 3.76. The summed E-state index contributed by atoms with van der Waals surface area (Å²) in [7, 11) is 0. The van der Waals surface area contributed by atoms with Crippen molar-refractivity contribution in [3.05, 3.63) is 68.5 Å². The Morgan fingerprint density at radius 1 is 1.40 bits per heavy atom. The number of pyridine rings is 1. The first kappa shape index (κ1) is 16.7. The third kappa shape index (κ3) is 3.09. The van der Waals surface area contributed by atoms with Crippen LogP contribution in [0.4, 0.5) is 11.5 Å². The molecule has 130 valence electrons. The molecule has 0 aliphatic rings. The summed E-state index contributed by atoms with van der Waals surface area (Å²) in [5, 5.41) is 24.6. The van der Waals surface area contributed by atoms with Gasteiger partial charge in [0.25, 0.3) is 0 Å². The minimum atomic E-state index is -1.44. The Morgan fingerprint density at radius 3 is 2.80 bits per heavy atom. The van der Waals surface area contributed by atoms with Crippen LogP contribution >= 0.6 is 0 Å². The molecule has 3 aromatic heterocycles. The zero-order chi connectivity index (χ0) is 18.2. The molecule has 0 spiro atoms. The Morgan fingerprint density at radius 2 is 2.16 bits per heavy atom. The number of nitrogens with one attached hydrogen (secondary N) is 1. The van der Waals surface area contributed by atoms with Crippen molar-refractivity contribution in [2.45, 2.75) is 19.4 Å². The van der Waals surface area contributed by atoms with E-state index < -0.39 is 21.8 Å². The first-order valence-corrected chi connectivity index (χ1v) is 7.48. The number of nitrogens with zero attached hydrogens (tertiary/aromatic N) is 3. The van der Waals surface area contributed by atoms with Crippen LogP contribution in [0.3, 0.4) is 0 Å². The Labute approximate surface area is 141 Å². The number of hydrogen-bond donors (Lipinski definition) is 2. The van der Waals surface area contributed by atoms with E-state index in [-0.39, 0.29) is 18.0 Å². The molecule has 3 rings (SSSR count). The Bertz CT molecular complexity index is 1010. The summed E-state index contributed by atoms with van der Waals surface area (Å²) < 4.78 is 6.49. The molecule has 2 N–H and O–H groups in total. The van der Waals surface area contributed by atoms with Gasteiger partial charge in [0.15, 0.2) is 0 Å². The van der Waals surface area contributed by atoms with Crippen molar-refractivity contribution in [2.24, 2.45) is 0 Å². The number of aromatic nitrogens is 2. The molecule has 1 unspecified atom stereocenters.